The maximum atomic E-state index is 11.1. The van der Waals surface area contributed by atoms with Crippen LogP contribution in [0.25, 0.3) is 21.8 Å². The Morgan fingerprint density at radius 1 is 0.776 bits per heavy atom. The molecule has 6 rings (SSSR count). The van der Waals surface area contributed by atoms with Gasteiger partial charge in [-0.1, -0.05) is 35.3 Å². The van der Waals surface area contributed by atoms with Crippen LogP contribution in [0.1, 0.15) is 54.6 Å². The van der Waals surface area contributed by atoms with Crippen LogP contribution < -0.4 is 38.9 Å². The number of nitrogens with zero attached hydrogens (tertiary/aromatic N) is 6. The Hall–Kier alpha value is -4.53. The molecule has 0 saturated heterocycles. The van der Waals surface area contributed by atoms with Crippen LogP contribution in [0.4, 0.5) is 0 Å². The number of aldehydes is 1. The summed E-state index contributed by atoms with van der Waals surface area (Å²) in [6.45, 7) is 0. The third-order valence-corrected chi connectivity index (χ3v) is 7.00. The summed E-state index contributed by atoms with van der Waals surface area (Å²) in [5.41, 5.74) is 5.66. The first-order valence-electron chi connectivity index (χ1n) is 13.6. The maximum Gasteiger partial charge on any atom is 1.00 e. The van der Waals surface area contributed by atoms with Crippen LogP contribution in [0.3, 0.4) is 0 Å². The fourth-order valence-corrected chi connectivity index (χ4v) is 4.97. The van der Waals surface area contributed by atoms with Gasteiger partial charge in [0.25, 0.3) is 0 Å². The molecule has 4 aromatic heterocycles. The number of benzene rings is 2. The largest absolute Gasteiger partial charge is 1.00 e. The number of aromatic nitrogens is 4. The van der Waals surface area contributed by atoms with E-state index in [0.29, 0.717) is 39.8 Å². The predicted molar refractivity (Wildman–Crippen MR) is 169 cm³/mol. The monoisotopic (exact) mass is 720 g/mol. The maximum absolute atomic E-state index is 11.1. The van der Waals surface area contributed by atoms with Crippen molar-refractivity contribution in [3.8, 4) is 12.1 Å². The van der Waals surface area contributed by atoms with E-state index in [1.54, 1.807) is 18.5 Å². The number of halogens is 3. The topological polar surface area (TPSA) is 200 Å². The molecule has 0 bridgehead atoms. The van der Waals surface area contributed by atoms with Crippen LogP contribution in [-0.4, -0.2) is 37.3 Å². The quantitative estimate of drug-likeness (QED) is 0.194. The first-order valence-corrected chi connectivity index (χ1v) is 15.0. The van der Waals surface area contributed by atoms with Crippen LogP contribution in [0.2, 0.25) is 10.0 Å². The molecule has 11 nitrogen and oxygen atoms in total. The van der Waals surface area contributed by atoms with Crippen LogP contribution in [0, 0.1) is 34.0 Å². The smallest absolute Gasteiger partial charge is 0.544 e. The summed E-state index contributed by atoms with van der Waals surface area (Å²) in [5.74, 6) is -1.08. The first kappa shape index (κ1) is 38.9. The molecule has 15 heteroatoms. The van der Waals surface area contributed by atoms with Crippen LogP contribution in [0.15, 0.2) is 85.2 Å². The Balaban J connectivity index is 0.000000241. The van der Waals surface area contributed by atoms with Gasteiger partial charge in [-0.15, -0.1) is 0 Å². The summed E-state index contributed by atoms with van der Waals surface area (Å²) in [7, 11) is 0. The third-order valence-electron chi connectivity index (χ3n) is 6.59. The minimum Gasteiger partial charge on any atom is -0.544 e. The fourth-order valence-electron chi connectivity index (χ4n) is 4.63. The van der Waals surface area contributed by atoms with Crippen molar-refractivity contribution in [1.29, 1.82) is 10.5 Å². The normalized spacial score (nSPS) is 9.92. The zero-order chi connectivity index (χ0) is 34.6. The molecule has 0 atom stereocenters. The number of carboxylic acids is 1. The standard InChI is InChI=1S/C17H10ClN3O2.C17H10ClN3O.ClO2.Na/c18-13-5-11-3-10(1-2-16(11)20-9-13)4-14-6-12(17(22)23)7-15(8-19)21-14;18-14-7-13-3-11(1-2-17(13)20-9-14)4-15-5-12(10-22)6-16(8-19)21-15;2-1-3;/h1-3,5-7,9H,4H2,(H,22,23);1-3,5-7,9-10H,4H2;;/q;;-1;+1. The summed E-state index contributed by atoms with van der Waals surface area (Å²) in [6, 6.07) is 24.9. The molecule has 0 spiro atoms. The second kappa shape index (κ2) is 18.9. The molecule has 0 fully saturated rings. The molecule has 4 heterocycles. The molecule has 0 aliphatic heterocycles. The predicted octanol–water partition coefficient (Wildman–Crippen LogP) is 1.63. The minimum absolute atomic E-state index is 0. The summed E-state index contributed by atoms with van der Waals surface area (Å²) >= 11 is 11.5. The number of carbonyl (C=O) groups excluding carboxylic acids is 1. The molecule has 0 unspecified atom stereocenters. The van der Waals surface area contributed by atoms with E-state index in [-0.39, 0.29) is 46.5 Å². The van der Waals surface area contributed by atoms with E-state index < -0.39 is 17.3 Å². The summed E-state index contributed by atoms with van der Waals surface area (Å²) in [5, 5.41) is 30.0. The Bertz CT molecular complexity index is 2230. The van der Waals surface area contributed by atoms with E-state index in [1.165, 1.54) is 18.2 Å². The van der Waals surface area contributed by atoms with E-state index in [9.17, 15) is 9.59 Å². The second-order valence-corrected chi connectivity index (χ2v) is 10.9. The van der Waals surface area contributed by atoms with E-state index >= 15 is 0 Å². The molecule has 1 N–H and O–H groups in total. The van der Waals surface area contributed by atoms with Crippen molar-refractivity contribution in [1.82, 2.24) is 19.9 Å². The Morgan fingerprint density at radius 2 is 1.24 bits per heavy atom. The van der Waals surface area contributed by atoms with Crippen molar-refractivity contribution in [3.63, 3.8) is 0 Å². The summed E-state index contributed by atoms with van der Waals surface area (Å²) in [6.07, 6.45) is 4.85. The van der Waals surface area contributed by atoms with Gasteiger partial charge in [0.15, 0.2) is 0 Å². The number of pyridine rings is 4. The number of carboxylic acid groups (broad SMARTS) is 1. The number of rotatable bonds is 6. The van der Waals surface area contributed by atoms with Crippen molar-refractivity contribution < 1.29 is 64.9 Å². The summed E-state index contributed by atoms with van der Waals surface area (Å²) < 4.78 is 16.5. The molecule has 2 aromatic carbocycles. The van der Waals surface area contributed by atoms with Crippen molar-refractivity contribution in [3.05, 3.63) is 140 Å². The molecule has 238 valence electrons. The number of carbonyl (C=O) groups is 2. The van der Waals surface area contributed by atoms with Gasteiger partial charge in [0.2, 0.25) is 0 Å². The number of hydrogen-bond donors (Lipinski definition) is 1. The Morgan fingerprint density at radius 3 is 1.69 bits per heavy atom. The first-order chi connectivity index (χ1) is 23.1. The molecule has 49 heavy (non-hydrogen) atoms. The van der Waals surface area contributed by atoms with Crippen molar-refractivity contribution in [2.24, 2.45) is 0 Å². The van der Waals surface area contributed by atoms with Crippen LogP contribution >= 0.6 is 23.2 Å². The van der Waals surface area contributed by atoms with Gasteiger partial charge in [-0.05, 0) is 71.8 Å². The van der Waals surface area contributed by atoms with Gasteiger partial charge in [0.05, 0.1) is 38.0 Å². The van der Waals surface area contributed by atoms with E-state index in [2.05, 4.69) is 19.9 Å². The van der Waals surface area contributed by atoms with Gasteiger partial charge in [0, 0.05) is 53.0 Å². The van der Waals surface area contributed by atoms with Crippen molar-refractivity contribution in [2.45, 2.75) is 12.8 Å². The van der Waals surface area contributed by atoms with Gasteiger partial charge < -0.3 is 14.4 Å². The molecule has 0 aliphatic carbocycles. The molecular formula is C34H20Cl3N6NaO5. The van der Waals surface area contributed by atoms with Gasteiger partial charge >= 0.3 is 35.5 Å². The van der Waals surface area contributed by atoms with Gasteiger partial charge in [-0.25, -0.2) is 14.8 Å². The van der Waals surface area contributed by atoms with Crippen molar-refractivity contribution >= 4 is 57.3 Å². The number of hydrogen-bond acceptors (Lipinski definition) is 10. The molecule has 0 amide bonds. The number of fused-ring (bicyclic) bond motifs is 2. The van der Waals surface area contributed by atoms with E-state index in [1.807, 2.05) is 60.7 Å². The molecule has 6 aromatic rings. The zero-order valence-corrected chi connectivity index (χ0v) is 29.7. The fraction of sp³-hybridized carbons (Fsp3) is 0.0588. The average molecular weight is 722 g/mol. The SMILES string of the molecule is N#Cc1cc(C(=O)O)cc(Cc2ccc3ncc(Cl)cc3c2)n1.N#Cc1cc(C=O)cc(Cc2ccc3ncc(Cl)cc3c2)n1.[Na+].[O-][Cl+][O-]. The Kier molecular flexibility index (Phi) is 15.0. The van der Waals surface area contributed by atoms with Gasteiger partial charge in [0.1, 0.15) is 29.8 Å². The van der Waals surface area contributed by atoms with Crippen LogP contribution in [-0.2, 0) is 12.8 Å². The number of nitriles is 2. The zero-order valence-electron chi connectivity index (χ0n) is 25.5. The molecule has 0 aliphatic rings. The van der Waals surface area contributed by atoms with E-state index in [4.69, 9.17) is 48.2 Å². The second-order valence-electron chi connectivity index (χ2n) is 9.93. The molecule has 0 radical (unpaired) electrons. The third kappa shape index (κ3) is 11.3. The number of aromatic carboxylic acids is 1. The van der Waals surface area contributed by atoms with Crippen LogP contribution in [0.5, 0.6) is 0 Å². The molecular weight excluding hydrogens is 702 g/mol. The minimum atomic E-state index is -1.08. The Labute approximate surface area is 315 Å². The average Bonchev–Trinajstić information content (AvgIpc) is 3.08. The van der Waals surface area contributed by atoms with E-state index in [0.717, 1.165) is 39.2 Å². The van der Waals surface area contributed by atoms with Gasteiger partial charge in [-0.2, -0.15) is 10.5 Å². The van der Waals surface area contributed by atoms with Gasteiger partial charge in [-0.3, -0.25) is 14.8 Å². The summed E-state index contributed by atoms with van der Waals surface area (Å²) in [4.78, 5) is 38.9. The molecule has 0 saturated carbocycles. The van der Waals surface area contributed by atoms with Crippen molar-refractivity contribution in [2.75, 3.05) is 0 Å².